The number of ether oxygens (including phenoxy) is 1. The lowest BCUT2D eigenvalue weighted by Crippen LogP contribution is -2.54. The van der Waals surface area contributed by atoms with E-state index in [1.807, 2.05) is 0 Å². The molecule has 5 rings (SSSR count). The first-order valence-corrected chi connectivity index (χ1v) is 15.1. The standard InChI is InChI=1S/C32H47F3O3/c1-20(7-6-9-28(37)24-8-4-5-10-29(24)38-32(33,34)35)25-13-14-26-23-12-11-21-19-22(36)15-17-30(21,2)27(23)16-18-31(25,26)3/h4-5,8,10,20-23,25-28,36-37H,6-7,9,11-19H2,1-3H3/t20-,21+,22+,23+,25-,26+,27+,28?,30+,31-/m1/s1. The Kier molecular flexibility index (Phi) is 7.89. The number of aliphatic hydroxyl groups is 2. The third kappa shape index (κ3) is 5.25. The molecule has 3 nitrogen and oxygen atoms in total. The van der Waals surface area contributed by atoms with Crippen molar-refractivity contribution in [2.45, 2.75) is 116 Å². The smallest absolute Gasteiger partial charge is 0.405 e. The van der Waals surface area contributed by atoms with Crippen molar-refractivity contribution in [3.05, 3.63) is 29.8 Å². The number of para-hydroxylation sites is 1. The fourth-order valence-electron chi connectivity index (χ4n) is 10.2. The molecule has 4 aliphatic carbocycles. The van der Waals surface area contributed by atoms with Gasteiger partial charge in [-0.25, -0.2) is 0 Å². The van der Waals surface area contributed by atoms with Crippen molar-refractivity contribution >= 4 is 0 Å². The molecule has 0 aliphatic heterocycles. The second-order valence-electron chi connectivity index (χ2n) is 13.8. The summed E-state index contributed by atoms with van der Waals surface area (Å²) in [6.45, 7) is 7.46. The van der Waals surface area contributed by atoms with Crippen LogP contribution in [0.3, 0.4) is 0 Å². The van der Waals surface area contributed by atoms with Gasteiger partial charge in [-0.3, -0.25) is 0 Å². The molecule has 0 amide bonds. The molecule has 0 aromatic heterocycles. The predicted molar refractivity (Wildman–Crippen MR) is 142 cm³/mol. The van der Waals surface area contributed by atoms with Crippen LogP contribution in [0.15, 0.2) is 24.3 Å². The van der Waals surface area contributed by atoms with Crippen LogP contribution in [0.4, 0.5) is 13.2 Å². The Hall–Kier alpha value is -1.27. The summed E-state index contributed by atoms with van der Waals surface area (Å²) in [5.41, 5.74) is 0.974. The van der Waals surface area contributed by atoms with E-state index in [9.17, 15) is 23.4 Å². The molecule has 4 aliphatic rings. The molecule has 0 saturated heterocycles. The number of benzene rings is 1. The number of alkyl halides is 3. The van der Waals surface area contributed by atoms with Gasteiger partial charge >= 0.3 is 6.36 Å². The molecule has 2 N–H and O–H groups in total. The number of fused-ring (bicyclic) bond motifs is 5. The Balaban J connectivity index is 1.19. The highest BCUT2D eigenvalue weighted by Crippen LogP contribution is 2.68. The van der Waals surface area contributed by atoms with Crippen LogP contribution in [0.1, 0.15) is 109 Å². The molecule has 214 valence electrons. The van der Waals surface area contributed by atoms with Gasteiger partial charge in [-0.15, -0.1) is 13.2 Å². The van der Waals surface area contributed by atoms with Gasteiger partial charge in [0, 0.05) is 5.56 Å². The molecule has 38 heavy (non-hydrogen) atoms. The number of hydrogen-bond acceptors (Lipinski definition) is 3. The Bertz CT molecular complexity index is 966. The first-order chi connectivity index (χ1) is 17.9. The summed E-state index contributed by atoms with van der Waals surface area (Å²) >= 11 is 0. The number of aliphatic hydroxyl groups excluding tert-OH is 2. The lowest BCUT2D eigenvalue weighted by atomic mass is 9.44. The van der Waals surface area contributed by atoms with E-state index in [1.165, 1.54) is 63.1 Å². The summed E-state index contributed by atoms with van der Waals surface area (Å²) < 4.78 is 42.5. The molecule has 1 aromatic rings. The summed E-state index contributed by atoms with van der Waals surface area (Å²) in [4.78, 5) is 0. The second-order valence-corrected chi connectivity index (χ2v) is 13.8. The number of rotatable bonds is 7. The van der Waals surface area contributed by atoms with E-state index < -0.39 is 12.5 Å². The van der Waals surface area contributed by atoms with E-state index in [1.54, 1.807) is 6.07 Å². The zero-order valence-electron chi connectivity index (χ0n) is 23.4. The van der Waals surface area contributed by atoms with Crippen molar-refractivity contribution in [1.82, 2.24) is 0 Å². The maximum Gasteiger partial charge on any atom is 0.573 e. The van der Waals surface area contributed by atoms with Gasteiger partial charge in [0.2, 0.25) is 0 Å². The molecule has 1 unspecified atom stereocenters. The molecule has 6 heteroatoms. The van der Waals surface area contributed by atoms with Crippen LogP contribution in [0.5, 0.6) is 5.75 Å². The van der Waals surface area contributed by atoms with Crippen molar-refractivity contribution in [1.29, 1.82) is 0 Å². The summed E-state index contributed by atoms with van der Waals surface area (Å²) in [5, 5.41) is 21.0. The maximum atomic E-state index is 12.8. The van der Waals surface area contributed by atoms with Crippen molar-refractivity contribution in [2.75, 3.05) is 0 Å². The molecule has 0 heterocycles. The maximum absolute atomic E-state index is 12.8. The fraction of sp³-hybridized carbons (Fsp3) is 0.812. The fourth-order valence-corrected chi connectivity index (χ4v) is 10.2. The van der Waals surface area contributed by atoms with Gasteiger partial charge in [0.15, 0.2) is 0 Å². The van der Waals surface area contributed by atoms with E-state index in [2.05, 4.69) is 25.5 Å². The minimum absolute atomic E-state index is 0.0978. The SMILES string of the molecule is C[C@H](CCCC(O)c1ccccc1OC(F)(F)F)[C@H]1CC[C@H]2[C@@H]3CC[C@H]4C[C@@H](O)CC[C@]4(C)[C@H]3CC[C@]12C. The molecular formula is C32H47F3O3. The highest BCUT2D eigenvalue weighted by molar-refractivity contribution is 5.35. The molecule has 4 fully saturated rings. The number of halogens is 3. The highest BCUT2D eigenvalue weighted by Gasteiger charge is 2.60. The first-order valence-electron chi connectivity index (χ1n) is 15.1. The van der Waals surface area contributed by atoms with Gasteiger partial charge in [-0.1, -0.05) is 51.8 Å². The second kappa shape index (κ2) is 10.6. The molecule has 10 atom stereocenters. The monoisotopic (exact) mass is 536 g/mol. The summed E-state index contributed by atoms with van der Waals surface area (Å²) in [7, 11) is 0. The minimum atomic E-state index is -4.77. The molecule has 4 saturated carbocycles. The summed E-state index contributed by atoms with van der Waals surface area (Å²) in [6.07, 6.45) is 7.33. The number of hydrogen-bond donors (Lipinski definition) is 2. The lowest BCUT2D eigenvalue weighted by Gasteiger charge is -2.61. The van der Waals surface area contributed by atoms with E-state index in [-0.39, 0.29) is 17.4 Å². The Morgan fingerprint density at radius 2 is 1.66 bits per heavy atom. The van der Waals surface area contributed by atoms with E-state index in [4.69, 9.17) is 0 Å². The zero-order chi connectivity index (χ0) is 27.3. The topological polar surface area (TPSA) is 49.7 Å². The van der Waals surface area contributed by atoms with Crippen LogP contribution in [0, 0.1) is 46.3 Å². The zero-order valence-corrected chi connectivity index (χ0v) is 23.4. The van der Waals surface area contributed by atoms with E-state index in [0.29, 0.717) is 35.0 Å². The van der Waals surface area contributed by atoms with E-state index >= 15 is 0 Å². The van der Waals surface area contributed by atoms with Crippen molar-refractivity contribution in [3.63, 3.8) is 0 Å². The Labute approximate surface area is 226 Å². The van der Waals surface area contributed by atoms with Crippen molar-refractivity contribution in [3.8, 4) is 5.75 Å². The van der Waals surface area contributed by atoms with Crippen molar-refractivity contribution in [2.24, 2.45) is 46.3 Å². The van der Waals surface area contributed by atoms with Crippen LogP contribution in [-0.4, -0.2) is 22.7 Å². The van der Waals surface area contributed by atoms with Gasteiger partial charge in [0.25, 0.3) is 0 Å². The molecular weight excluding hydrogens is 489 g/mol. The molecule has 0 radical (unpaired) electrons. The Morgan fingerprint density at radius 1 is 0.947 bits per heavy atom. The third-order valence-corrected chi connectivity index (χ3v) is 12.0. The minimum Gasteiger partial charge on any atom is -0.405 e. The van der Waals surface area contributed by atoms with Gasteiger partial charge in [0.1, 0.15) is 5.75 Å². The van der Waals surface area contributed by atoms with Crippen LogP contribution in [-0.2, 0) is 0 Å². The third-order valence-electron chi connectivity index (χ3n) is 12.0. The largest absolute Gasteiger partial charge is 0.573 e. The molecule has 1 aromatic carbocycles. The van der Waals surface area contributed by atoms with Crippen LogP contribution in [0.2, 0.25) is 0 Å². The first kappa shape index (κ1) is 28.3. The van der Waals surface area contributed by atoms with Gasteiger partial charge in [-0.05, 0) is 117 Å². The quantitative estimate of drug-likeness (QED) is 0.368. The lowest BCUT2D eigenvalue weighted by molar-refractivity contribution is -0.275. The van der Waals surface area contributed by atoms with Crippen LogP contribution >= 0.6 is 0 Å². The predicted octanol–water partition coefficient (Wildman–Crippen LogP) is 8.44. The normalized spacial score (nSPS) is 40.5. The van der Waals surface area contributed by atoms with Crippen LogP contribution in [0.25, 0.3) is 0 Å². The van der Waals surface area contributed by atoms with Crippen LogP contribution < -0.4 is 4.74 Å². The average Bonchev–Trinajstić information content (AvgIpc) is 3.21. The van der Waals surface area contributed by atoms with Gasteiger partial charge in [0.05, 0.1) is 12.2 Å². The Morgan fingerprint density at radius 3 is 2.42 bits per heavy atom. The van der Waals surface area contributed by atoms with E-state index in [0.717, 1.165) is 43.4 Å². The van der Waals surface area contributed by atoms with Gasteiger partial charge < -0.3 is 14.9 Å². The highest BCUT2D eigenvalue weighted by atomic mass is 19.4. The molecule has 0 spiro atoms. The average molecular weight is 537 g/mol. The van der Waals surface area contributed by atoms with Gasteiger partial charge in [-0.2, -0.15) is 0 Å². The summed E-state index contributed by atoms with van der Waals surface area (Å²) in [5.74, 6) is 3.99. The van der Waals surface area contributed by atoms with Crippen molar-refractivity contribution < 1.29 is 28.1 Å². The summed E-state index contributed by atoms with van der Waals surface area (Å²) in [6, 6.07) is 5.94. The molecule has 0 bridgehead atoms.